The number of sulfone groups is 1. The molecule has 0 aliphatic carbocycles. The lowest BCUT2D eigenvalue weighted by molar-refractivity contribution is 0.117. The van der Waals surface area contributed by atoms with Gasteiger partial charge in [0.2, 0.25) is 0 Å². The third-order valence-electron chi connectivity index (χ3n) is 3.98. The summed E-state index contributed by atoms with van der Waals surface area (Å²) in [6, 6.07) is 9.30. The van der Waals surface area contributed by atoms with Crippen molar-refractivity contribution in [2.45, 2.75) is 38.0 Å². The standard InChI is InChI=1S/C18H29N3O3S/c1-2-19-18(21-14-17-10-6-12-24-17)20-11-7-13-25(22,23)15-16-8-4-3-5-9-16/h3-5,8-9,17H,2,6-7,10-15H2,1H3,(H2,19,20,21). The summed E-state index contributed by atoms with van der Waals surface area (Å²) in [5, 5.41) is 6.38. The van der Waals surface area contributed by atoms with E-state index in [1.54, 1.807) is 0 Å². The van der Waals surface area contributed by atoms with Gasteiger partial charge in [0.1, 0.15) is 0 Å². The normalized spacial score (nSPS) is 18.3. The molecule has 140 valence electrons. The molecule has 1 unspecified atom stereocenters. The zero-order chi connectivity index (χ0) is 18.0. The largest absolute Gasteiger partial charge is 0.376 e. The Morgan fingerprint density at radius 2 is 2.08 bits per heavy atom. The van der Waals surface area contributed by atoms with Gasteiger partial charge in [0, 0.05) is 19.7 Å². The molecule has 2 N–H and O–H groups in total. The minimum Gasteiger partial charge on any atom is -0.376 e. The van der Waals surface area contributed by atoms with Gasteiger partial charge in [0.15, 0.2) is 15.8 Å². The lowest BCUT2D eigenvalue weighted by atomic mass is 10.2. The van der Waals surface area contributed by atoms with Crippen LogP contribution in [0.15, 0.2) is 35.3 Å². The first-order valence-corrected chi connectivity index (χ1v) is 10.8. The van der Waals surface area contributed by atoms with Gasteiger partial charge in [-0.3, -0.25) is 4.99 Å². The maximum Gasteiger partial charge on any atom is 0.191 e. The molecule has 2 rings (SSSR count). The van der Waals surface area contributed by atoms with E-state index in [4.69, 9.17) is 4.74 Å². The zero-order valence-corrected chi connectivity index (χ0v) is 15.7. The summed E-state index contributed by atoms with van der Waals surface area (Å²) in [7, 11) is -3.09. The van der Waals surface area contributed by atoms with Crippen LogP contribution < -0.4 is 10.6 Å². The third kappa shape index (κ3) is 7.88. The number of ether oxygens (including phenoxy) is 1. The second kappa shape index (κ2) is 10.4. The first kappa shape index (κ1) is 19.7. The SMILES string of the molecule is CCNC(=NCC1CCCO1)NCCCS(=O)(=O)Cc1ccccc1. The molecule has 0 aromatic heterocycles. The highest BCUT2D eigenvalue weighted by molar-refractivity contribution is 7.90. The molecular formula is C18H29N3O3S. The fraction of sp³-hybridized carbons (Fsp3) is 0.611. The zero-order valence-electron chi connectivity index (χ0n) is 14.9. The topological polar surface area (TPSA) is 79.8 Å². The molecule has 1 fully saturated rings. The van der Waals surface area contributed by atoms with Gasteiger partial charge in [0.25, 0.3) is 0 Å². The van der Waals surface area contributed by atoms with E-state index < -0.39 is 9.84 Å². The van der Waals surface area contributed by atoms with Crippen molar-refractivity contribution in [1.82, 2.24) is 10.6 Å². The smallest absolute Gasteiger partial charge is 0.191 e. The number of nitrogens with zero attached hydrogens (tertiary/aromatic N) is 1. The summed E-state index contributed by atoms with van der Waals surface area (Å²) < 4.78 is 29.9. The van der Waals surface area contributed by atoms with Crippen molar-refractivity contribution in [2.24, 2.45) is 4.99 Å². The first-order valence-electron chi connectivity index (χ1n) is 8.97. The highest BCUT2D eigenvalue weighted by Crippen LogP contribution is 2.11. The number of hydrogen-bond donors (Lipinski definition) is 2. The van der Waals surface area contributed by atoms with Crippen LogP contribution in [0.25, 0.3) is 0 Å². The number of guanidine groups is 1. The van der Waals surface area contributed by atoms with E-state index in [0.29, 0.717) is 19.5 Å². The van der Waals surface area contributed by atoms with Gasteiger partial charge in [-0.2, -0.15) is 0 Å². The molecule has 1 aliphatic rings. The quantitative estimate of drug-likeness (QED) is 0.395. The minimum atomic E-state index is -3.09. The summed E-state index contributed by atoms with van der Waals surface area (Å²) in [4.78, 5) is 4.52. The van der Waals surface area contributed by atoms with Gasteiger partial charge < -0.3 is 15.4 Å². The third-order valence-corrected chi connectivity index (χ3v) is 5.66. The van der Waals surface area contributed by atoms with E-state index in [-0.39, 0.29) is 17.6 Å². The van der Waals surface area contributed by atoms with Crippen LogP contribution >= 0.6 is 0 Å². The molecule has 7 heteroatoms. The average molecular weight is 368 g/mol. The second-order valence-corrected chi connectivity index (χ2v) is 8.40. The summed E-state index contributed by atoms with van der Waals surface area (Å²) >= 11 is 0. The Morgan fingerprint density at radius 1 is 1.28 bits per heavy atom. The molecule has 1 atom stereocenters. The number of aliphatic imine (C=N–C) groups is 1. The molecule has 1 saturated heterocycles. The van der Waals surface area contributed by atoms with E-state index in [2.05, 4.69) is 15.6 Å². The van der Waals surface area contributed by atoms with E-state index in [1.807, 2.05) is 37.3 Å². The van der Waals surface area contributed by atoms with E-state index in [9.17, 15) is 8.42 Å². The summed E-state index contributed by atoms with van der Waals surface area (Å²) in [6.45, 7) is 4.81. The van der Waals surface area contributed by atoms with Crippen molar-refractivity contribution in [3.05, 3.63) is 35.9 Å². The number of rotatable bonds is 9. The number of benzene rings is 1. The van der Waals surface area contributed by atoms with Gasteiger partial charge in [-0.05, 0) is 31.7 Å². The Hall–Kier alpha value is -1.60. The molecular weight excluding hydrogens is 338 g/mol. The molecule has 0 amide bonds. The van der Waals surface area contributed by atoms with Gasteiger partial charge in [0.05, 0.1) is 24.2 Å². The summed E-state index contributed by atoms with van der Waals surface area (Å²) in [6.07, 6.45) is 2.92. The van der Waals surface area contributed by atoms with Crippen molar-refractivity contribution in [3.63, 3.8) is 0 Å². The molecule has 0 radical (unpaired) electrons. The monoisotopic (exact) mass is 367 g/mol. The second-order valence-electron chi connectivity index (χ2n) is 6.21. The molecule has 0 saturated carbocycles. The van der Waals surface area contributed by atoms with E-state index in [1.165, 1.54) is 0 Å². The van der Waals surface area contributed by atoms with Crippen molar-refractivity contribution in [2.75, 3.05) is 32.0 Å². The molecule has 1 aromatic carbocycles. The van der Waals surface area contributed by atoms with Crippen LogP contribution in [0.5, 0.6) is 0 Å². The van der Waals surface area contributed by atoms with Crippen LogP contribution in [0.4, 0.5) is 0 Å². The van der Waals surface area contributed by atoms with Crippen LogP contribution in [0.2, 0.25) is 0 Å². The maximum absolute atomic E-state index is 12.2. The van der Waals surface area contributed by atoms with Crippen molar-refractivity contribution in [3.8, 4) is 0 Å². The predicted molar refractivity (Wildman–Crippen MR) is 102 cm³/mol. The fourth-order valence-corrected chi connectivity index (χ4v) is 4.15. The lowest BCUT2D eigenvalue weighted by Gasteiger charge is -2.13. The fourth-order valence-electron chi connectivity index (χ4n) is 2.72. The number of nitrogens with one attached hydrogen (secondary N) is 2. The Balaban J connectivity index is 1.72. The van der Waals surface area contributed by atoms with Crippen LogP contribution in [0, 0.1) is 0 Å². The lowest BCUT2D eigenvalue weighted by Crippen LogP contribution is -2.38. The van der Waals surface area contributed by atoms with Gasteiger partial charge >= 0.3 is 0 Å². The number of hydrogen-bond acceptors (Lipinski definition) is 4. The van der Waals surface area contributed by atoms with Crippen molar-refractivity contribution in [1.29, 1.82) is 0 Å². The Kier molecular flexibility index (Phi) is 8.21. The minimum absolute atomic E-state index is 0.0982. The molecule has 1 aliphatic heterocycles. The van der Waals surface area contributed by atoms with Gasteiger partial charge in [-0.15, -0.1) is 0 Å². The Morgan fingerprint density at radius 3 is 2.76 bits per heavy atom. The van der Waals surface area contributed by atoms with Gasteiger partial charge in [-0.25, -0.2) is 8.42 Å². The van der Waals surface area contributed by atoms with Crippen LogP contribution in [-0.2, 0) is 20.3 Å². The van der Waals surface area contributed by atoms with Crippen molar-refractivity contribution >= 4 is 15.8 Å². The molecule has 1 aromatic rings. The maximum atomic E-state index is 12.2. The average Bonchev–Trinajstić information content (AvgIpc) is 3.10. The highest BCUT2D eigenvalue weighted by atomic mass is 32.2. The van der Waals surface area contributed by atoms with Crippen molar-refractivity contribution < 1.29 is 13.2 Å². The van der Waals surface area contributed by atoms with Crippen LogP contribution in [-0.4, -0.2) is 52.5 Å². The van der Waals surface area contributed by atoms with Gasteiger partial charge in [-0.1, -0.05) is 30.3 Å². The summed E-state index contributed by atoms with van der Waals surface area (Å²) in [5.41, 5.74) is 0.835. The van der Waals surface area contributed by atoms with E-state index in [0.717, 1.165) is 37.5 Å². The molecule has 0 spiro atoms. The molecule has 0 bridgehead atoms. The Labute approximate surface area is 151 Å². The summed E-state index contributed by atoms with van der Waals surface area (Å²) in [5.74, 6) is 0.986. The van der Waals surface area contributed by atoms with E-state index >= 15 is 0 Å². The van der Waals surface area contributed by atoms with Crippen LogP contribution in [0.1, 0.15) is 31.7 Å². The molecule has 25 heavy (non-hydrogen) atoms. The first-order chi connectivity index (χ1) is 12.1. The van der Waals surface area contributed by atoms with Crippen LogP contribution in [0.3, 0.4) is 0 Å². The Bertz CT molecular complexity index is 626. The molecule has 1 heterocycles. The molecule has 6 nitrogen and oxygen atoms in total. The predicted octanol–water partition coefficient (Wildman–Crippen LogP) is 1.73. The highest BCUT2D eigenvalue weighted by Gasteiger charge is 2.15.